The Morgan fingerprint density at radius 1 is 1.12 bits per heavy atom. The van der Waals surface area contributed by atoms with Crippen LogP contribution in [0.5, 0.6) is 0 Å². The number of hydrogen-bond acceptors (Lipinski definition) is 3. The maximum atomic E-state index is 11.9. The predicted molar refractivity (Wildman–Crippen MR) is 104 cm³/mol. The lowest BCUT2D eigenvalue weighted by Crippen LogP contribution is -2.41. The third-order valence-electron chi connectivity index (χ3n) is 4.38. The molecule has 138 valence electrons. The highest BCUT2D eigenvalue weighted by Gasteiger charge is 2.18. The summed E-state index contributed by atoms with van der Waals surface area (Å²) in [4.78, 5) is 25.3. The van der Waals surface area contributed by atoms with Crippen LogP contribution in [0.1, 0.15) is 36.4 Å². The fourth-order valence-corrected chi connectivity index (χ4v) is 2.87. The molecule has 0 aliphatic heterocycles. The number of aromatic nitrogens is 1. The first kappa shape index (κ1) is 19.4. The van der Waals surface area contributed by atoms with E-state index in [4.69, 9.17) is 0 Å². The molecule has 0 saturated carbocycles. The number of amides is 2. The van der Waals surface area contributed by atoms with Crippen molar-refractivity contribution in [3.05, 3.63) is 52.8 Å². The fraction of sp³-hybridized carbons (Fsp3) is 0.350. The Morgan fingerprint density at radius 3 is 2.31 bits per heavy atom. The number of likely N-dealkylation sites (N-methyl/N-ethyl adjacent to an activating group) is 1. The van der Waals surface area contributed by atoms with Gasteiger partial charge in [-0.15, -0.1) is 0 Å². The molecular weight excluding hydrogens is 328 g/mol. The fourth-order valence-electron chi connectivity index (χ4n) is 2.87. The largest absolute Gasteiger partial charge is 0.335 e. The van der Waals surface area contributed by atoms with E-state index in [1.807, 2.05) is 33.8 Å². The molecule has 2 amide bonds. The molecule has 0 fully saturated rings. The van der Waals surface area contributed by atoms with Crippen LogP contribution in [0.15, 0.2) is 35.4 Å². The van der Waals surface area contributed by atoms with Crippen LogP contribution in [-0.4, -0.2) is 40.6 Å². The Morgan fingerprint density at radius 2 is 1.73 bits per heavy atom. The molecule has 1 N–H and O–H groups in total. The number of nitrogens with one attached hydrogen (secondary N) is 1. The van der Waals surface area contributed by atoms with Gasteiger partial charge in [0.1, 0.15) is 0 Å². The molecule has 0 aliphatic carbocycles. The first-order chi connectivity index (χ1) is 12.4. The molecule has 0 radical (unpaired) electrons. The molecule has 0 unspecified atom stereocenters. The van der Waals surface area contributed by atoms with Crippen LogP contribution in [0.3, 0.4) is 0 Å². The number of carbonyl (C=O) groups excluding carboxylic acids is 2. The van der Waals surface area contributed by atoms with Gasteiger partial charge in [0.25, 0.3) is 0 Å². The Bertz CT molecular complexity index is 815. The topological polar surface area (TPSA) is 66.7 Å². The summed E-state index contributed by atoms with van der Waals surface area (Å²) in [5.74, 6) is -1.30. The smallest absolute Gasteiger partial charge is 0.329 e. The minimum atomic E-state index is -0.725. The van der Waals surface area contributed by atoms with E-state index in [1.54, 1.807) is 6.21 Å². The zero-order chi connectivity index (χ0) is 19.3. The highest BCUT2D eigenvalue weighted by Crippen LogP contribution is 2.20. The van der Waals surface area contributed by atoms with Gasteiger partial charge < -0.3 is 9.47 Å². The van der Waals surface area contributed by atoms with Crippen LogP contribution in [0, 0.1) is 20.8 Å². The average Bonchev–Trinajstić information content (AvgIpc) is 2.90. The van der Waals surface area contributed by atoms with Crippen molar-refractivity contribution < 1.29 is 9.59 Å². The second kappa shape index (κ2) is 8.47. The van der Waals surface area contributed by atoms with E-state index in [2.05, 4.69) is 46.3 Å². The summed E-state index contributed by atoms with van der Waals surface area (Å²) < 4.78 is 2.13. The van der Waals surface area contributed by atoms with Gasteiger partial charge in [-0.05, 0) is 52.8 Å². The van der Waals surface area contributed by atoms with Crippen molar-refractivity contribution in [3.8, 4) is 5.69 Å². The molecule has 6 nitrogen and oxygen atoms in total. The van der Waals surface area contributed by atoms with E-state index in [-0.39, 0.29) is 0 Å². The van der Waals surface area contributed by atoms with E-state index in [0.29, 0.717) is 13.1 Å². The number of aryl methyl sites for hydroxylation is 2. The number of hydrazone groups is 1. The monoisotopic (exact) mass is 354 g/mol. The summed E-state index contributed by atoms with van der Waals surface area (Å²) in [6.45, 7) is 10.7. The summed E-state index contributed by atoms with van der Waals surface area (Å²) in [6.07, 6.45) is 1.57. The summed E-state index contributed by atoms with van der Waals surface area (Å²) in [6, 6.07) is 10.3. The normalized spacial score (nSPS) is 11.0. The Balaban J connectivity index is 2.14. The summed E-state index contributed by atoms with van der Waals surface area (Å²) in [5.41, 5.74) is 7.56. The van der Waals surface area contributed by atoms with Crippen molar-refractivity contribution in [1.82, 2.24) is 14.9 Å². The SMILES string of the molecule is CCN(CC)C(=O)C(=O)N/N=C\c1cc(C)n(-c2ccc(C)cc2)c1C. The second-order valence-corrected chi connectivity index (χ2v) is 6.17. The van der Waals surface area contributed by atoms with E-state index in [9.17, 15) is 9.59 Å². The van der Waals surface area contributed by atoms with Gasteiger partial charge in [0, 0.05) is 35.7 Å². The van der Waals surface area contributed by atoms with Gasteiger partial charge in [0.05, 0.1) is 6.21 Å². The van der Waals surface area contributed by atoms with Crippen molar-refractivity contribution in [3.63, 3.8) is 0 Å². The van der Waals surface area contributed by atoms with Gasteiger partial charge in [0.15, 0.2) is 0 Å². The molecule has 26 heavy (non-hydrogen) atoms. The van der Waals surface area contributed by atoms with E-state index in [1.165, 1.54) is 10.5 Å². The first-order valence-corrected chi connectivity index (χ1v) is 8.77. The number of nitrogens with zero attached hydrogens (tertiary/aromatic N) is 3. The van der Waals surface area contributed by atoms with Crippen LogP contribution in [0.4, 0.5) is 0 Å². The average molecular weight is 354 g/mol. The maximum absolute atomic E-state index is 11.9. The van der Waals surface area contributed by atoms with Gasteiger partial charge >= 0.3 is 11.8 Å². The third kappa shape index (κ3) is 4.20. The highest BCUT2D eigenvalue weighted by molar-refractivity contribution is 6.34. The van der Waals surface area contributed by atoms with Crippen LogP contribution >= 0.6 is 0 Å². The lowest BCUT2D eigenvalue weighted by molar-refractivity contribution is -0.145. The minimum absolute atomic E-state index is 0.490. The second-order valence-electron chi connectivity index (χ2n) is 6.17. The minimum Gasteiger partial charge on any atom is -0.335 e. The van der Waals surface area contributed by atoms with E-state index < -0.39 is 11.8 Å². The Hall–Kier alpha value is -2.89. The van der Waals surface area contributed by atoms with Crippen molar-refractivity contribution in [2.24, 2.45) is 5.10 Å². The van der Waals surface area contributed by atoms with Crippen molar-refractivity contribution in [2.75, 3.05) is 13.1 Å². The zero-order valence-corrected chi connectivity index (χ0v) is 16.0. The van der Waals surface area contributed by atoms with Crippen LogP contribution < -0.4 is 5.43 Å². The molecule has 6 heteroatoms. The maximum Gasteiger partial charge on any atom is 0.329 e. The molecule has 2 aromatic rings. The molecule has 1 aromatic carbocycles. The zero-order valence-electron chi connectivity index (χ0n) is 16.0. The molecule has 2 rings (SSSR count). The lowest BCUT2D eigenvalue weighted by atomic mass is 10.2. The van der Waals surface area contributed by atoms with Crippen LogP contribution in [0.25, 0.3) is 5.69 Å². The standard InChI is InChI=1S/C20H26N4O2/c1-6-23(7-2)20(26)19(25)22-21-13-17-12-15(4)24(16(17)5)18-10-8-14(3)9-11-18/h8-13H,6-7H2,1-5H3,(H,22,25)/b21-13-. The summed E-state index contributed by atoms with van der Waals surface area (Å²) >= 11 is 0. The van der Waals surface area contributed by atoms with Gasteiger partial charge in [-0.1, -0.05) is 17.7 Å². The Kier molecular flexibility index (Phi) is 6.33. The van der Waals surface area contributed by atoms with E-state index >= 15 is 0 Å². The van der Waals surface area contributed by atoms with Gasteiger partial charge in [0.2, 0.25) is 0 Å². The highest BCUT2D eigenvalue weighted by atomic mass is 16.2. The third-order valence-corrected chi connectivity index (χ3v) is 4.38. The number of hydrogen-bond donors (Lipinski definition) is 1. The Labute approximate surface area is 154 Å². The van der Waals surface area contributed by atoms with Crippen molar-refractivity contribution >= 4 is 18.0 Å². The quantitative estimate of drug-likeness (QED) is 0.510. The lowest BCUT2D eigenvalue weighted by Gasteiger charge is -2.16. The number of benzene rings is 1. The van der Waals surface area contributed by atoms with Crippen molar-refractivity contribution in [1.29, 1.82) is 0 Å². The molecule has 0 bridgehead atoms. The molecule has 0 atom stereocenters. The molecule has 0 saturated heterocycles. The van der Waals surface area contributed by atoms with Crippen molar-refractivity contribution in [2.45, 2.75) is 34.6 Å². The molecule has 1 aromatic heterocycles. The van der Waals surface area contributed by atoms with Crippen LogP contribution in [-0.2, 0) is 9.59 Å². The molecule has 0 spiro atoms. The number of carbonyl (C=O) groups is 2. The molecular formula is C20H26N4O2. The molecule has 1 heterocycles. The van der Waals surface area contributed by atoms with Crippen LogP contribution in [0.2, 0.25) is 0 Å². The summed E-state index contributed by atoms with van der Waals surface area (Å²) in [7, 11) is 0. The van der Waals surface area contributed by atoms with Gasteiger partial charge in [-0.3, -0.25) is 9.59 Å². The van der Waals surface area contributed by atoms with Gasteiger partial charge in [-0.25, -0.2) is 5.43 Å². The summed E-state index contributed by atoms with van der Waals surface area (Å²) in [5, 5.41) is 3.95. The first-order valence-electron chi connectivity index (χ1n) is 8.77. The van der Waals surface area contributed by atoms with Gasteiger partial charge in [-0.2, -0.15) is 5.10 Å². The van der Waals surface area contributed by atoms with E-state index in [0.717, 1.165) is 22.6 Å². The number of rotatable bonds is 5. The predicted octanol–water partition coefficient (Wildman–Crippen LogP) is 2.72. The molecule has 0 aliphatic rings.